The summed E-state index contributed by atoms with van der Waals surface area (Å²) in [4.78, 5) is 1.32. The van der Waals surface area contributed by atoms with Crippen LogP contribution in [0.25, 0.3) is 0 Å². The van der Waals surface area contributed by atoms with Gasteiger partial charge < -0.3 is 5.11 Å². The Kier molecular flexibility index (Phi) is 2.45. The van der Waals surface area contributed by atoms with E-state index in [2.05, 4.69) is 27.4 Å². The van der Waals surface area contributed by atoms with Gasteiger partial charge in [0, 0.05) is 21.2 Å². The quantitative estimate of drug-likeness (QED) is 0.881. The fourth-order valence-electron chi connectivity index (χ4n) is 3.38. The third-order valence-corrected chi connectivity index (χ3v) is 5.74. The lowest BCUT2D eigenvalue weighted by atomic mass is 9.81. The predicted molar refractivity (Wildman–Crippen MR) is 66.1 cm³/mol. The van der Waals surface area contributed by atoms with Crippen molar-refractivity contribution in [1.29, 1.82) is 0 Å². The lowest BCUT2D eigenvalue weighted by molar-refractivity contribution is -0.0118. The van der Waals surface area contributed by atoms with Gasteiger partial charge in [0.2, 0.25) is 0 Å². The van der Waals surface area contributed by atoms with E-state index in [1.54, 1.807) is 11.3 Å². The van der Waals surface area contributed by atoms with Crippen molar-refractivity contribution < 1.29 is 5.11 Å². The van der Waals surface area contributed by atoms with Crippen molar-refractivity contribution in [3.8, 4) is 0 Å². The zero-order chi connectivity index (χ0) is 10.5. The van der Waals surface area contributed by atoms with Gasteiger partial charge in [-0.3, -0.25) is 0 Å². The first-order valence-electron chi connectivity index (χ1n) is 5.61. The van der Waals surface area contributed by atoms with Crippen LogP contribution in [0.5, 0.6) is 0 Å². The molecule has 2 aliphatic rings. The van der Waals surface area contributed by atoms with Crippen molar-refractivity contribution in [3.63, 3.8) is 0 Å². The van der Waals surface area contributed by atoms with Crippen LogP contribution in [0.4, 0.5) is 0 Å². The first-order chi connectivity index (χ1) is 7.16. The van der Waals surface area contributed by atoms with E-state index in [0.717, 1.165) is 23.2 Å². The van der Waals surface area contributed by atoms with E-state index in [1.807, 2.05) is 0 Å². The van der Waals surface area contributed by atoms with Crippen LogP contribution in [0.2, 0.25) is 0 Å². The van der Waals surface area contributed by atoms with Gasteiger partial charge in [0.05, 0.1) is 5.60 Å². The smallest absolute Gasteiger partial charge is 0.0726 e. The van der Waals surface area contributed by atoms with Crippen LogP contribution >= 0.6 is 27.3 Å². The third kappa shape index (κ3) is 1.79. The molecule has 0 amide bonds. The maximum atomic E-state index is 10.6. The second kappa shape index (κ2) is 3.57. The number of aliphatic hydroxyl groups is 1. The summed E-state index contributed by atoms with van der Waals surface area (Å²) < 4.78 is 1.15. The van der Waals surface area contributed by atoms with Gasteiger partial charge in [0.15, 0.2) is 0 Å². The van der Waals surface area contributed by atoms with Crippen LogP contribution in [0.15, 0.2) is 15.9 Å². The summed E-state index contributed by atoms with van der Waals surface area (Å²) in [6.07, 6.45) is 5.76. The summed E-state index contributed by atoms with van der Waals surface area (Å²) in [5.74, 6) is 1.38. The normalized spacial score (nSPS) is 38.8. The second-order valence-corrected chi connectivity index (χ2v) is 7.00. The van der Waals surface area contributed by atoms with Crippen molar-refractivity contribution in [2.75, 3.05) is 0 Å². The first-order valence-corrected chi connectivity index (χ1v) is 7.28. The van der Waals surface area contributed by atoms with Gasteiger partial charge in [-0.2, -0.15) is 0 Å². The molecule has 1 nitrogen and oxygen atoms in total. The highest BCUT2D eigenvalue weighted by molar-refractivity contribution is 9.10. The van der Waals surface area contributed by atoms with Crippen LogP contribution in [-0.4, -0.2) is 10.7 Å². The number of hydrogen-bond acceptors (Lipinski definition) is 2. The Morgan fingerprint density at radius 1 is 1.53 bits per heavy atom. The van der Waals surface area contributed by atoms with E-state index >= 15 is 0 Å². The molecule has 1 aromatic rings. The van der Waals surface area contributed by atoms with Gasteiger partial charge in [0.1, 0.15) is 0 Å². The molecule has 15 heavy (non-hydrogen) atoms. The van der Waals surface area contributed by atoms with Crippen molar-refractivity contribution in [2.24, 2.45) is 11.8 Å². The average molecular weight is 287 g/mol. The Morgan fingerprint density at radius 3 is 2.93 bits per heavy atom. The van der Waals surface area contributed by atoms with Crippen molar-refractivity contribution in [1.82, 2.24) is 0 Å². The standard InChI is InChI=1S/C12H15BrOS/c13-10-4-11(15-7-10)6-12(14)5-8-1-2-9(12)3-8/h4,7-9,14H,1-3,5-6H2. The molecule has 1 heterocycles. The highest BCUT2D eigenvalue weighted by atomic mass is 79.9. The van der Waals surface area contributed by atoms with Gasteiger partial charge in [-0.1, -0.05) is 0 Å². The molecule has 2 bridgehead atoms. The SMILES string of the molecule is OC1(Cc2cc(Br)cs2)CC2CCC1C2. The van der Waals surface area contributed by atoms with E-state index in [9.17, 15) is 5.11 Å². The lowest BCUT2D eigenvalue weighted by Crippen LogP contribution is -2.37. The molecule has 82 valence electrons. The molecule has 0 saturated heterocycles. The molecule has 3 heteroatoms. The molecule has 0 spiro atoms. The fourth-order valence-corrected chi connectivity index (χ4v) is 4.95. The average Bonchev–Trinajstić information content (AvgIpc) is 2.81. The molecule has 1 aromatic heterocycles. The Hall–Kier alpha value is 0.140. The summed E-state index contributed by atoms with van der Waals surface area (Å²) in [5.41, 5.74) is -0.382. The Morgan fingerprint density at radius 2 is 2.40 bits per heavy atom. The van der Waals surface area contributed by atoms with Crippen molar-refractivity contribution in [2.45, 2.75) is 37.7 Å². The van der Waals surface area contributed by atoms with Crippen LogP contribution in [0.1, 0.15) is 30.6 Å². The molecular formula is C12H15BrOS. The highest BCUT2D eigenvalue weighted by Crippen LogP contribution is 2.52. The summed E-state index contributed by atoms with van der Waals surface area (Å²) in [6.45, 7) is 0. The lowest BCUT2D eigenvalue weighted by Gasteiger charge is -2.32. The Bertz CT molecular complexity index is 375. The van der Waals surface area contributed by atoms with E-state index in [4.69, 9.17) is 0 Å². The van der Waals surface area contributed by atoms with E-state index in [0.29, 0.717) is 5.92 Å². The molecule has 1 N–H and O–H groups in total. The van der Waals surface area contributed by atoms with Crippen LogP contribution in [-0.2, 0) is 6.42 Å². The third-order valence-electron chi connectivity index (χ3n) is 4.05. The Labute approximate surface area is 103 Å². The summed E-state index contributed by atoms with van der Waals surface area (Å²) in [6, 6.07) is 2.15. The molecule has 3 rings (SSSR count). The van der Waals surface area contributed by atoms with Gasteiger partial charge in [-0.25, -0.2) is 0 Å². The van der Waals surface area contributed by atoms with Crippen LogP contribution in [0, 0.1) is 11.8 Å². The van der Waals surface area contributed by atoms with Gasteiger partial charge in [-0.05, 0) is 59.5 Å². The Balaban J connectivity index is 1.77. The minimum Gasteiger partial charge on any atom is -0.389 e. The van der Waals surface area contributed by atoms with Gasteiger partial charge in [-0.15, -0.1) is 11.3 Å². The maximum Gasteiger partial charge on any atom is 0.0726 e. The summed E-state index contributed by atoms with van der Waals surface area (Å²) in [5, 5.41) is 12.7. The number of fused-ring (bicyclic) bond motifs is 2. The second-order valence-electron chi connectivity index (χ2n) is 5.09. The van der Waals surface area contributed by atoms with Crippen LogP contribution < -0.4 is 0 Å². The van der Waals surface area contributed by atoms with Crippen LogP contribution in [0.3, 0.4) is 0 Å². The minimum absolute atomic E-state index is 0.382. The van der Waals surface area contributed by atoms with E-state index < -0.39 is 0 Å². The maximum absolute atomic E-state index is 10.6. The summed E-state index contributed by atoms with van der Waals surface area (Å²) in [7, 11) is 0. The number of thiophene rings is 1. The molecule has 0 aliphatic heterocycles. The molecule has 2 fully saturated rings. The molecule has 0 radical (unpaired) electrons. The zero-order valence-corrected chi connectivity index (χ0v) is 11.0. The van der Waals surface area contributed by atoms with E-state index in [1.165, 1.54) is 24.1 Å². The predicted octanol–water partition coefficient (Wildman–Crippen LogP) is 3.60. The number of rotatable bonds is 2. The molecule has 3 atom stereocenters. The number of halogens is 1. The molecule has 0 aromatic carbocycles. The number of hydrogen-bond donors (Lipinski definition) is 1. The largest absolute Gasteiger partial charge is 0.389 e. The van der Waals surface area contributed by atoms with Gasteiger partial charge >= 0.3 is 0 Å². The first kappa shape index (κ1) is 10.3. The zero-order valence-electron chi connectivity index (χ0n) is 8.58. The van der Waals surface area contributed by atoms with E-state index in [-0.39, 0.29) is 5.60 Å². The summed E-state index contributed by atoms with van der Waals surface area (Å²) >= 11 is 5.22. The molecule has 2 aliphatic carbocycles. The minimum atomic E-state index is -0.382. The fraction of sp³-hybridized carbons (Fsp3) is 0.667. The monoisotopic (exact) mass is 286 g/mol. The van der Waals surface area contributed by atoms with Crippen molar-refractivity contribution >= 4 is 27.3 Å². The molecular weight excluding hydrogens is 272 g/mol. The highest BCUT2D eigenvalue weighted by Gasteiger charge is 2.49. The molecule has 2 saturated carbocycles. The van der Waals surface area contributed by atoms with Crippen molar-refractivity contribution in [3.05, 3.63) is 20.8 Å². The van der Waals surface area contributed by atoms with Gasteiger partial charge in [0.25, 0.3) is 0 Å². The topological polar surface area (TPSA) is 20.2 Å². The molecule has 3 unspecified atom stereocenters.